The number of guanidine groups is 1. The molecular formula is C23H34N6O3. The quantitative estimate of drug-likeness (QED) is 0.560. The Morgan fingerprint density at radius 1 is 1.16 bits per heavy atom. The van der Waals surface area contributed by atoms with Crippen molar-refractivity contribution < 1.29 is 13.6 Å². The number of nitrogens with one attached hydrogen (secondary N) is 1. The molecule has 0 aliphatic carbocycles. The highest BCUT2D eigenvalue weighted by Crippen LogP contribution is 2.19. The Labute approximate surface area is 189 Å². The number of oxazole rings is 1. The predicted octanol–water partition coefficient (Wildman–Crippen LogP) is 2.13. The zero-order valence-corrected chi connectivity index (χ0v) is 19.3. The lowest BCUT2D eigenvalue weighted by molar-refractivity contribution is 0.0657. The van der Waals surface area contributed by atoms with Gasteiger partial charge in [0.2, 0.25) is 5.89 Å². The first kappa shape index (κ1) is 22.4. The van der Waals surface area contributed by atoms with E-state index in [-0.39, 0.29) is 5.91 Å². The Morgan fingerprint density at radius 2 is 1.88 bits per heavy atom. The fourth-order valence-corrected chi connectivity index (χ4v) is 4.39. The van der Waals surface area contributed by atoms with E-state index in [1.807, 2.05) is 25.8 Å². The predicted molar refractivity (Wildman–Crippen MR) is 122 cm³/mol. The molecule has 2 aliphatic heterocycles. The first-order chi connectivity index (χ1) is 15.5. The third kappa shape index (κ3) is 5.32. The lowest BCUT2D eigenvalue weighted by atomic mass is 9.97. The molecule has 2 aromatic rings. The molecule has 0 saturated carbocycles. The molecule has 1 amide bonds. The lowest BCUT2D eigenvalue weighted by Gasteiger charge is -2.37. The molecule has 32 heavy (non-hydrogen) atoms. The maximum absolute atomic E-state index is 12.5. The van der Waals surface area contributed by atoms with Crippen LogP contribution in [-0.4, -0.2) is 84.4 Å². The molecule has 0 spiro atoms. The molecule has 1 N–H and O–H groups in total. The number of nitrogens with zero attached hydrogens (tertiary/aromatic N) is 5. The van der Waals surface area contributed by atoms with Crippen LogP contribution in [0, 0.1) is 19.8 Å². The van der Waals surface area contributed by atoms with Gasteiger partial charge in [-0.2, -0.15) is 0 Å². The number of hydrogen-bond acceptors (Lipinski definition) is 6. The van der Waals surface area contributed by atoms with Gasteiger partial charge >= 0.3 is 0 Å². The van der Waals surface area contributed by atoms with Crippen molar-refractivity contribution in [2.24, 2.45) is 10.9 Å². The Hall–Kier alpha value is -2.81. The van der Waals surface area contributed by atoms with Crippen molar-refractivity contribution in [1.82, 2.24) is 25.0 Å². The third-order valence-corrected chi connectivity index (χ3v) is 6.50. The van der Waals surface area contributed by atoms with Gasteiger partial charge in [-0.3, -0.25) is 14.7 Å². The van der Waals surface area contributed by atoms with E-state index in [4.69, 9.17) is 8.83 Å². The topological polar surface area (TPSA) is 90.4 Å². The van der Waals surface area contributed by atoms with E-state index in [2.05, 4.69) is 25.1 Å². The second kappa shape index (κ2) is 10.2. The molecule has 0 bridgehead atoms. The van der Waals surface area contributed by atoms with Crippen LogP contribution >= 0.6 is 0 Å². The Balaban J connectivity index is 1.18. The van der Waals surface area contributed by atoms with Gasteiger partial charge in [0.1, 0.15) is 5.76 Å². The summed E-state index contributed by atoms with van der Waals surface area (Å²) < 4.78 is 11.0. The number of carbonyl (C=O) groups excluding carboxylic acids is 1. The van der Waals surface area contributed by atoms with Crippen LogP contribution in [0.4, 0.5) is 0 Å². The second-order valence-electron chi connectivity index (χ2n) is 8.65. The monoisotopic (exact) mass is 442 g/mol. The average Bonchev–Trinajstić information content (AvgIpc) is 3.45. The summed E-state index contributed by atoms with van der Waals surface area (Å²) >= 11 is 0. The van der Waals surface area contributed by atoms with Gasteiger partial charge in [0.15, 0.2) is 11.7 Å². The fourth-order valence-electron chi connectivity index (χ4n) is 4.39. The number of hydrogen-bond donors (Lipinski definition) is 1. The molecular weight excluding hydrogens is 408 g/mol. The van der Waals surface area contributed by atoms with E-state index in [9.17, 15) is 4.79 Å². The van der Waals surface area contributed by atoms with E-state index >= 15 is 0 Å². The number of piperidine rings is 1. The molecule has 0 radical (unpaired) electrons. The van der Waals surface area contributed by atoms with Crippen LogP contribution in [0.15, 0.2) is 32.2 Å². The van der Waals surface area contributed by atoms with Gasteiger partial charge in [-0.15, -0.1) is 0 Å². The number of rotatable bonds is 5. The molecule has 2 aliphatic rings. The molecule has 9 nitrogen and oxygen atoms in total. The minimum Gasteiger partial charge on any atom is -0.459 e. The van der Waals surface area contributed by atoms with Crippen molar-refractivity contribution in [3.63, 3.8) is 0 Å². The van der Waals surface area contributed by atoms with Gasteiger partial charge in [0, 0.05) is 39.8 Å². The van der Waals surface area contributed by atoms with E-state index in [1.165, 1.54) is 6.26 Å². The van der Waals surface area contributed by atoms with Crippen LogP contribution < -0.4 is 5.32 Å². The smallest absolute Gasteiger partial charge is 0.289 e. The summed E-state index contributed by atoms with van der Waals surface area (Å²) in [5.41, 5.74) is 0.983. The second-order valence-corrected chi connectivity index (χ2v) is 8.65. The number of aryl methyl sites for hydroxylation is 2. The highest BCUT2D eigenvalue weighted by molar-refractivity contribution is 5.91. The van der Waals surface area contributed by atoms with Gasteiger partial charge in [-0.25, -0.2) is 4.98 Å². The summed E-state index contributed by atoms with van der Waals surface area (Å²) in [6.07, 6.45) is 3.83. The van der Waals surface area contributed by atoms with Crippen molar-refractivity contribution in [3.05, 3.63) is 41.5 Å². The minimum atomic E-state index is -0.0422. The van der Waals surface area contributed by atoms with Crippen molar-refractivity contribution in [2.45, 2.75) is 33.2 Å². The molecule has 0 unspecified atom stereocenters. The lowest BCUT2D eigenvalue weighted by Crippen LogP contribution is -2.54. The highest BCUT2D eigenvalue weighted by Gasteiger charge is 2.26. The Morgan fingerprint density at radius 3 is 2.47 bits per heavy atom. The number of likely N-dealkylation sites (tertiary alicyclic amines) is 1. The molecule has 0 atom stereocenters. The van der Waals surface area contributed by atoms with E-state index in [1.54, 1.807) is 12.1 Å². The zero-order chi connectivity index (χ0) is 22.5. The standard InChI is InChI=1S/C23H34N6O3/c1-17-18(2)32-21(26-17)16-27-8-6-19(7-9-27)15-25-23(24-3)29-12-10-28(11-13-29)22(30)20-5-4-14-31-20/h4-5,14,19H,6-13,15-16H2,1-3H3,(H,24,25). The van der Waals surface area contributed by atoms with E-state index < -0.39 is 0 Å². The van der Waals surface area contributed by atoms with E-state index in [0.29, 0.717) is 24.8 Å². The average molecular weight is 443 g/mol. The minimum absolute atomic E-state index is 0.0422. The number of amides is 1. The SMILES string of the molecule is CN=C(NCC1CCN(Cc2nc(C)c(C)o2)CC1)N1CCN(C(=O)c2ccco2)CC1. The van der Waals surface area contributed by atoms with Gasteiger partial charge in [0.25, 0.3) is 5.91 Å². The molecule has 174 valence electrons. The van der Waals surface area contributed by atoms with Crippen LogP contribution in [0.25, 0.3) is 0 Å². The molecule has 0 aromatic carbocycles. The first-order valence-electron chi connectivity index (χ1n) is 11.5. The normalized spacial score (nSPS) is 18.9. The molecule has 2 aromatic heterocycles. The summed E-state index contributed by atoms with van der Waals surface area (Å²) in [7, 11) is 1.83. The maximum Gasteiger partial charge on any atom is 0.289 e. The van der Waals surface area contributed by atoms with Crippen molar-refractivity contribution in [3.8, 4) is 0 Å². The van der Waals surface area contributed by atoms with Crippen molar-refractivity contribution >= 4 is 11.9 Å². The largest absolute Gasteiger partial charge is 0.459 e. The zero-order valence-electron chi connectivity index (χ0n) is 19.3. The summed E-state index contributed by atoms with van der Waals surface area (Å²) in [5, 5.41) is 3.56. The van der Waals surface area contributed by atoms with Gasteiger partial charge in [-0.1, -0.05) is 0 Å². The summed E-state index contributed by atoms with van der Waals surface area (Å²) in [6, 6.07) is 3.46. The Kier molecular flexibility index (Phi) is 7.14. The van der Waals surface area contributed by atoms with Crippen molar-refractivity contribution in [2.75, 3.05) is 52.9 Å². The fraction of sp³-hybridized carbons (Fsp3) is 0.609. The number of carbonyl (C=O) groups is 1. The molecule has 2 saturated heterocycles. The Bertz CT molecular complexity index is 887. The summed E-state index contributed by atoms with van der Waals surface area (Å²) in [4.78, 5) is 27.9. The highest BCUT2D eigenvalue weighted by atomic mass is 16.4. The third-order valence-electron chi connectivity index (χ3n) is 6.50. The number of aromatic nitrogens is 1. The van der Waals surface area contributed by atoms with Gasteiger partial charge < -0.3 is 24.0 Å². The van der Waals surface area contributed by atoms with Crippen molar-refractivity contribution in [1.29, 1.82) is 0 Å². The summed E-state index contributed by atoms with van der Waals surface area (Å²) in [5.74, 6) is 3.64. The van der Waals surface area contributed by atoms with E-state index in [0.717, 1.165) is 75.4 Å². The van der Waals surface area contributed by atoms with Crippen LogP contribution in [0.5, 0.6) is 0 Å². The number of furan rings is 1. The number of piperazine rings is 1. The van der Waals surface area contributed by atoms with Crippen LogP contribution in [0.2, 0.25) is 0 Å². The number of aliphatic imine (C=N–C) groups is 1. The molecule has 9 heteroatoms. The maximum atomic E-state index is 12.5. The molecule has 4 rings (SSSR count). The van der Waals surface area contributed by atoms with Gasteiger partial charge in [-0.05, 0) is 57.8 Å². The van der Waals surface area contributed by atoms with Crippen LogP contribution in [-0.2, 0) is 6.54 Å². The van der Waals surface area contributed by atoms with Crippen LogP contribution in [0.1, 0.15) is 40.7 Å². The summed E-state index contributed by atoms with van der Waals surface area (Å²) in [6.45, 7) is 10.6. The van der Waals surface area contributed by atoms with Gasteiger partial charge in [0.05, 0.1) is 18.5 Å². The van der Waals surface area contributed by atoms with Crippen LogP contribution in [0.3, 0.4) is 0 Å². The molecule has 2 fully saturated rings. The first-order valence-corrected chi connectivity index (χ1v) is 11.5. The molecule has 4 heterocycles.